The molecule has 3 heteroatoms. The van der Waals surface area contributed by atoms with E-state index in [4.69, 9.17) is 15.0 Å². The van der Waals surface area contributed by atoms with E-state index in [0.717, 1.165) is 38.6 Å². The molecule has 0 aliphatic heterocycles. The van der Waals surface area contributed by atoms with E-state index in [1.807, 2.05) is 18.2 Å². The number of fused-ring (bicyclic) bond motifs is 11. The first-order chi connectivity index (χ1) is 26.3. The van der Waals surface area contributed by atoms with Gasteiger partial charge in [0, 0.05) is 16.7 Å². The minimum Gasteiger partial charge on any atom is -0.208 e. The lowest BCUT2D eigenvalue weighted by Crippen LogP contribution is -2.25. The predicted molar refractivity (Wildman–Crippen MR) is 215 cm³/mol. The van der Waals surface area contributed by atoms with E-state index in [1.165, 1.54) is 44.5 Å². The van der Waals surface area contributed by atoms with E-state index in [1.54, 1.807) is 0 Å². The molecular weight excluding hydrogens is 643 g/mol. The summed E-state index contributed by atoms with van der Waals surface area (Å²) >= 11 is 0. The fourth-order valence-electron chi connectivity index (χ4n) is 8.95. The van der Waals surface area contributed by atoms with Gasteiger partial charge >= 0.3 is 0 Å². The first-order valence-corrected chi connectivity index (χ1v) is 18.1. The van der Waals surface area contributed by atoms with Crippen LogP contribution >= 0.6 is 0 Å². The summed E-state index contributed by atoms with van der Waals surface area (Å²) < 4.78 is 0. The molecule has 1 spiro atoms. The first-order valence-electron chi connectivity index (χ1n) is 18.1. The molecular formula is C50H31N3. The van der Waals surface area contributed by atoms with Gasteiger partial charge in [-0.15, -0.1) is 0 Å². The minimum atomic E-state index is -0.417. The Balaban J connectivity index is 1.15. The summed E-state index contributed by atoms with van der Waals surface area (Å²) in [6.45, 7) is 0. The SMILES string of the molecule is c1ccc(-c2nc(-c3ccccc3-c3ccc4c(c3)C3(c5ccccc5-c5ccccc53)c3ccccc3-4)nc(-c3cccc4ccccc34)n2)cc1. The van der Waals surface area contributed by atoms with Crippen molar-refractivity contribution in [3.05, 3.63) is 210 Å². The molecule has 2 aliphatic rings. The summed E-state index contributed by atoms with van der Waals surface area (Å²) in [5.74, 6) is 1.95. The van der Waals surface area contributed by atoms with Gasteiger partial charge in [-0.05, 0) is 72.5 Å². The minimum absolute atomic E-state index is 0.417. The molecule has 1 aromatic heterocycles. The van der Waals surface area contributed by atoms with E-state index >= 15 is 0 Å². The van der Waals surface area contributed by atoms with Crippen LogP contribution in [0.15, 0.2) is 188 Å². The summed E-state index contributed by atoms with van der Waals surface area (Å²) in [4.78, 5) is 15.5. The second kappa shape index (κ2) is 11.5. The third kappa shape index (κ3) is 4.31. The normalized spacial score (nSPS) is 13.1. The Bertz CT molecular complexity index is 2840. The van der Waals surface area contributed by atoms with Crippen molar-refractivity contribution in [1.82, 2.24) is 15.0 Å². The molecule has 8 aromatic carbocycles. The van der Waals surface area contributed by atoms with Gasteiger partial charge in [0.15, 0.2) is 17.5 Å². The van der Waals surface area contributed by atoms with Gasteiger partial charge in [-0.1, -0.05) is 182 Å². The highest BCUT2D eigenvalue weighted by Crippen LogP contribution is 2.63. The van der Waals surface area contributed by atoms with Crippen molar-refractivity contribution in [2.24, 2.45) is 0 Å². The lowest BCUT2D eigenvalue weighted by Gasteiger charge is -2.30. The van der Waals surface area contributed by atoms with Crippen molar-refractivity contribution in [2.75, 3.05) is 0 Å². The van der Waals surface area contributed by atoms with Crippen LogP contribution in [-0.4, -0.2) is 15.0 Å². The van der Waals surface area contributed by atoms with Crippen molar-refractivity contribution in [2.45, 2.75) is 5.41 Å². The summed E-state index contributed by atoms with van der Waals surface area (Å²) in [5, 5.41) is 2.26. The maximum absolute atomic E-state index is 5.25. The highest BCUT2D eigenvalue weighted by Gasteiger charge is 2.51. The Morgan fingerprint density at radius 1 is 0.283 bits per heavy atom. The van der Waals surface area contributed by atoms with Crippen molar-refractivity contribution >= 4 is 10.8 Å². The second-order valence-corrected chi connectivity index (χ2v) is 13.9. The second-order valence-electron chi connectivity index (χ2n) is 13.9. The number of benzene rings is 8. The van der Waals surface area contributed by atoms with Crippen LogP contribution in [0.3, 0.4) is 0 Å². The smallest absolute Gasteiger partial charge is 0.164 e. The van der Waals surface area contributed by atoms with Crippen molar-refractivity contribution in [3.8, 4) is 67.5 Å². The molecule has 0 saturated heterocycles. The first kappa shape index (κ1) is 29.7. The Morgan fingerprint density at radius 3 is 1.43 bits per heavy atom. The van der Waals surface area contributed by atoms with Crippen LogP contribution in [-0.2, 0) is 5.41 Å². The van der Waals surface area contributed by atoms with Crippen LogP contribution in [0.5, 0.6) is 0 Å². The van der Waals surface area contributed by atoms with Gasteiger partial charge < -0.3 is 0 Å². The summed E-state index contributed by atoms with van der Waals surface area (Å²) in [5.41, 5.74) is 15.2. The van der Waals surface area contributed by atoms with E-state index in [-0.39, 0.29) is 0 Å². The molecule has 0 unspecified atom stereocenters. The fraction of sp³-hybridized carbons (Fsp3) is 0.0200. The van der Waals surface area contributed by atoms with E-state index in [0.29, 0.717) is 17.5 Å². The van der Waals surface area contributed by atoms with Gasteiger partial charge in [-0.2, -0.15) is 0 Å². The molecule has 3 nitrogen and oxygen atoms in total. The van der Waals surface area contributed by atoms with Gasteiger partial charge in [0.25, 0.3) is 0 Å². The molecule has 9 aromatic rings. The molecule has 53 heavy (non-hydrogen) atoms. The predicted octanol–water partition coefficient (Wildman–Crippen LogP) is 12.0. The number of aromatic nitrogens is 3. The third-order valence-corrected chi connectivity index (χ3v) is 11.2. The molecule has 0 amide bonds. The van der Waals surface area contributed by atoms with E-state index in [2.05, 4.69) is 170 Å². The van der Waals surface area contributed by atoms with Crippen LogP contribution in [0.2, 0.25) is 0 Å². The van der Waals surface area contributed by atoms with Crippen LogP contribution in [0.4, 0.5) is 0 Å². The number of hydrogen-bond acceptors (Lipinski definition) is 3. The molecule has 0 radical (unpaired) electrons. The monoisotopic (exact) mass is 673 g/mol. The third-order valence-electron chi connectivity index (χ3n) is 11.2. The summed E-state index contributed by atoms with van der Waals surface area (Å²) in [6.07, 6.45) is 0. The van der Waals surface area contributed by atoms with Gasteiger partial charge in [-0.25, -0.2) is 15.0 Å². The van der Waals surface area contributed by atoms with E-state index in [9.17, 15) is 0 Å². The number of rotatable bonds is 4. The zero-order chi connectivity index (χ0) is 34.9. The largest absolute Gasteiger partial charge is 0.208 e. The molecule has 0 N–H and O–H groups in total. The highest BCUT2D eigenvalue weighted by atomic mass is 15.0. The molecule has 11 rings (SSSR count). The van der Waals surface area contributed by atoms with Gasteiger partial charge in [0.2, 0.25) is 0 Å². The maximum Gasteiger partial charge on any atom is 0.164 e. The van der Waals surface area contributed by atoms with Crippen molar-refractivity contribution in [1.29, 1.82) is 0 Å². The van der Waals surface area contributed by atoms with Crippen LogP contribution < -0.4 is 0 Å². The topological polar surface area (TPSA) is 38.7 Å². The molecule has 0 saturated carbocycles. The van der Waals surface area contributed by atoms with Crippen LogP contribution in [0, 0.1) is 0 Å². The molecule has 0 atom stereocenters. The number of nitrogens with zero attached hydrogens (tertiary/aromatic N) is 3. The lowest BCUT2D eigenvalue weighted by atomic mass is 9.70. The molecule has 246 valence electrons. The van der Waals surface area contributed by atoms with E-state index < -0.39 is 5.41 Å². The van der Waals surface area contributed by atoms with Gasteiger partial charge in [-0.3, -0.25) is 0 Å². The van der Waals surface area contributed by atoms with Crippen molar-refractivity contribution < 1.29 is 0 Å². The Hall–Kier alpha value is -6.97. The number of hydrogen-bond donors (Lipinski definition) is 0. The lowest BCUT2D eigenvalue weighted by molar-refractivity contribution is 0.794. The Labute approximate surface area is 308 Å². The quantitative estimate of drug-likeness (QED) is 0.187. The molecule has 2 aliphatic carbocycles. The average molecular weight is 674 g/mol. The van der Waals surface area contributed by atoms with Crippen LogP contribution in [0.1, 0.15) is 22.3 Å². The van der Waals surface area contributed by atoms with Gasteiger partial charge in [0.05, 0.1) is 5.41 Å². The van der Waals surface area contributed by atoms with Crippen LogP contribution in [0.25, 0.3) is 78.3 Å². The molecule has 1 heterocycles. The zero-order valence-corrected chi connectivity index (χ0v) is 28.7. The summed E-state index contributed by atoms with van der Waals surface area (Å²) in [6, 6.07) is 67.4. The highest BCUT2D eigenvalue weighted by molar-refractivity contribution is 5.97. The Kier molecular flexibility index (Phi) is 6.47. The zero-order valence-electron chi connectivity index (χ0n) is 28.7. The van der Waals surface area contributed by atoms with Crippen molar-refractivity contribution in [3.63, 3.8) is 0 Å². The van der Waals surface area contributed by atoms with Gasteiger partial charge in [0.1, 0.15) is 0 Å². The average Bonchev–Trinajstić information content (AvgIpc) is 3.71. The Morgan fingerprint density at radius 2 is 0.755 bits per heavy atom. The maximum atomic E-state index is 5.25. The molecule has 0 fully saturated rings. The fourth-order valence-corrected chi connectivity index (χ4v) is 8.95. The summed E-state index contributed by atoms with van der Waals surface area (Å²) in [7, 11) is 0. The molecule has 0 bridgehead atoms. The standard InChI is InChI=1S/C50H31N3/c1-2-16-33(17-3-1)47-51-48(53-49(52-47)42-25-14-18-32-15-4-5-19-35(32)42)41-24-7-6-20-36(41)34-29-30-40-39-23-10-13-28-45(39)50(46(40)31-34)43-26-11-8-21-37(43)38-22-9-12-27-44(38)50/h1-31H.